The van der Waals surface area contributed by atoms with Gasteiger partial charge in [-0.3, -0.25) is 4.79 Å². The number of hydrogen-bond acceptors (Lipinski definition) is 5. The van der Waals surface area contributed by atoms with Crippen molar-refractivity contribution in [2.45, 2.75) is 26.8 Å². The normalized spacial score (nSPS) is 10.6. The number of aryl methyl sites for hydroxylation is 1. The largest absolute Gasteiger partial charge is 0.360 e. The predicted octanol–water partition coefficient (Wildman–Crippen LogP) is 2.21. The molecule has 0 aliphatic carbocycles. The zero-order valence-corrected chi connectivity index (χ0v) is 11.3. The minimum Gasteiger partial charge on any atom is -0.360 e. The van der Waals surface area contributed by atoms with Gasteiger partial charge in [-0.05, 0) is 25.5 Å². The van der Waals surface area contributed by atoms with Crippen molar-refractivity contribution in [3.63, 3.8) is 0 Å². The van der Waals surface area contributed by atoms with Crippen molar-refractivity contribution in [3.8, 4) is 10.6 Å². The van der Waals surface area contributed by atoms with Crippen LogP contribution in [0.4, 0.5) is 5.13 Å². The van der Waals surface area contributed by atoms with Gasteiger partial charge in [0.1, 0.15) is 0 Å². The number of pyridine rings is 1. The quantitative estimate of drug-likeness (QED) is 0.899. The molecule has 18 heavy (non-hydrogen) atoms. The first-order chi connectivity index (χ1) is 8.76. The van der Waals surface area contributed by atoms with Crippen LogP contribution in [0, 0.1) is 0 Å². The van der Waals surface area contributed by atoms with E-state index in [-0.39, 0.29) is 5.56 Å². The summed E-state index contributed by atoms with van der Waals surface area (Å²) < 4.78 is 1.71. The Morgan fingerprint density at radius 1 is 1.39 bits per heavy atom. The van der Waals surface area contributed by atoms with E-state index in [9.17, 15) is 4.79 Å². The Hall–Kier alpha value is -1.69. The van der Waals surface area contributed by atoms with Gasteiger partial charge in [-0.15, -0.1) is 10.2 Å². The van der Waals surface area contributed by atoms with Gasteiger partial charge in [0.25, 0.3) is 5.56 Å². The van der Waals surface area contributed by atoms with Crippen molar-refractivity contribution in [1.29, 1.82) is 0 Å². The van der Waals surface area contributed by atoms with Gasteiger partial charge in [0.15, 0.2) is 5.01 Å². The summed E-state index contributed by atoms with van der Waals surface area (Å²) >= 11 is 1.40. The van der Waals surface area contributed by atoms with Crippen LogP contribution >= 0.6 is 11.3 Å². The first kappa shape index (κ1) is 12.8. The standard InChI is InChI=1S/C12H16N4OS/c1-3-7-16-8-5-6-9(11(16)17)10-14-15-12(18-10)13-4-2/h5-6,8H,3-4,7H2,1-2H3,(H,13,15). The minimum absolute atomic E-state index is 0.00134. The molecule has 2 heterocycles. The first-order valence-corrected chi connectivity index (χ1v) is 6.85. The molecule has 2 aromatic rings. The molecular formula is C12H16N4OS. The van der Waals surface area contributed by atoms with E-state index < -0.39 is 0 Å². The van der Waals surface area contributed by atoms with Crippen molar-refractivity contribution in [2.24, 2.45) is 0 Å². The Labute approximate surface area is 110 Å². The van der Waals surface area contributed by atoms with E-state index in [1.54, 1.807) is 10.6 Å². The molecule has 0 atom stereocenters. The SMILES string of the molecule is CCCn1cccc(-c2nnc(NCC)s2)c1=O. The number of nitrogens with zero attached hydrogens (tertiary/aromatic N) is 3. The molecule has 0 fully saturated rings. The zero-order valence-electron chi connectivity index (χ0n) is 10.5. The van der Waals surface area contributed by atoms with Gasteiger partial charge in [-0.25, -0.2) is 0 Å². The average Bonchev–Trinajstić information content (AvgIpc) is 2.81. The maximum atomic E-state index is 12.2. The summed E-state index contributed by atoms with van der Waals surface area (Å²) in [6.07, 6.45) is 2.74. The molecule has 0 amide bonds. The molecule has 5 nitrogen and oxygen atoms in total. The van der Waals surface area contributed by atoms with Gasteiger partial charge in [0.05, 0.1) is 5.56 Å². The molecule has 0 radical (unpaired) electrons. The van der Waals surface area contributed by atoms with Crippen LogP contribution in [0.5, 0.6) is 0 Å². The molecule has 2 rings (SSSR count). The van der Waals surface area contributed by atoms with Crippen LogP contribution in [-0.4, -0.2) is 21.3 Å². The maximum Gasteiger partial charge on any atom is 0.260 e. The molecule has 1 N–H and O–H groups in total. The molecule has 0 saturated heterocycles. The molecule has 6 heteroatoms. The molecule has 0 bridgehead atoms. The van der Waals surface area contributed by atoms with Crippen molar-refractivity contribution < 1.29 is 0 Å². The summed E-state index contributed by atoms with van der Waals surface area (Å²) in [6.45, 7) is 5.57. The summed E-state index contributed by atoms with van der Waals surface area (Å²) in [5.41, 5.74) is 0.617. The molecule has 0 saturated carbocycles. The third kappa shape index (κ3) is 2.59. The van der Waals surface area contributed by atoms with Crippen LogP contribution in [0.15, 0.2) is 23.1 Å². The zero-order chi connectivity index (χ0) is 13.0. The van der Waals surface area contributed by atoms with E-state index in [2.05, 4.69) is 15.5 Å². The fraction of sp³-hybridized carbons (Fsp3) is 0.417. The van der Waals surface area contributed by atoms with E-state index in [1.165, 1.54) is 11.3 Å². The van der Waals surface area contributed by atoms with E-state index in [1.807, 2.05) is 26.1 Å². The van der Waals surface area contributed by atoms with Crippen molar-refractivity contribution in [2.75, 3.05) is 11.9 Å². The lowest BCUT2D eigenvalue weighted by atomic mass is 10.3. The Kier molecular flexibility index (Phi) is 4.09. The van der Waals surface area contributed by atoms with Crippen molar-refractivity contribution in [1.82, 2.24) is 14.8 Å². The smallest absolute Gasteiger partial charge is 0.260 e. The van der Waals surface area contributed by atoms with E-state index in [0.29, 0.717) is 10.6 Å². The van der Waals surface area contributed by atoms with Crippen molar-refractivity contribution >= 4 is 16.5 Å². The van der Waals surface area contributed by atoms with Gasteiger partial charge in [0.2, 0.25) is 5.13 Å². The minimum atomic E-state index is -0.00134. The number of nitrogens with one attached hydrogen (secondary N) is 1. The molecular weight excluding hydrogens is 248 g/mol. The Balaban J connectivity index is 2.37. The molecule has 96 valence electrons. The Morgan fingerprint density at radius 3 is 2.94 bits per heavy atom. The summed E-state index contributed by atoms with van der Waals surface area (Å²) in [5, 5.41) is 12.6. The van der Waals surface area contributed by atoms with E-state index >= 15 is 0 Å². The van der Waals surface area contributed by atoms with Crippen LogP contribution in [0.25, 0.3) is 10.6 Å². The maximum absolute atomic E-state index is 12.2. The second kappa shape index (κ2) is 5.77. The van der Waals surface area contributed by atoms with Crippen LogP contribution in [0.3, 0.4) is 0 Å². The highest BCUT2D eigenvalue weighted by Gasteiger charge is 2.11. The van der Waals surface area contributed by atoms with Crippen LogP contribution in [0.2, 0.25) is 0 Å². The lowest BCUT2D eigenvalue weighted by Gasteiger charge is -2.04. The van der Waals surface area contributed by atoms with E-state index in [4.69, 9.17) is 0 Å². The third-order valence-corrected chi connectivity index (χ3v) is 3.38. The molecule has 0 aliphatic heterocycles. The predicted molar refractivity (Wildman–Crippen MR) is 74.1 cm³/mol. The number of rotatable bonds is 5. The van der Waals surface area contributed by atoms with Gasteiger partial charge in [-0.2, -0.15) is 0 Å². The Morgan fingerprint density at radius 2 is 2.22 bits per heavy atom. The van der Waals surface area contributed by atoms with Crippen LogP contribution in [-0.2, 0) is 6.54 Å². The first-order valence-electron chi connectivity index (χ1n) is 6.03. The fourth-order valence-corrected chi connectivity index (χ4v) is 2.50. The van der Waals surface area contributed by atoms with Gasteiger partial charge in [0, 0.05) is 19.3 Å². The fourth-order valence-electron chi connectivity index (χ4n) is 1.67. The second-order valence-electron chi connectivity index (χ2n) is 3.86. The molecule has 0 aliphatic rings. The van der Waals surface area contributed by atoms with E-state index in [0.717, 1.165) is 24.6 Å². The number of aromatic nitrogens is 3. The van der Waals surface area contributed by atoms with Gasteiger partial charge in [-0.1, -0.05) is 18.3 Å². The third-order valence-electron chi connectivity index (χ3n) is 2.47. The summed E-state index contributed by atoms with van der Waals surface area (Å²) in [6, 6.07) is 3.67. The monoisotopic (exact) mass is 264 g/mol. The average molecular weight is 264 g/mol. The number of anilines is 1. The highest BCUT2D eigenvalue weighted by Crippen LogP contribution is 2.23. The van der Waals surface area contributed by atoms with Crippen LogP contribution < -0.4 is 10.9 Å². The summed E-state index contributed by atoms with van der Waals surface area (Å²) in [4.78, 5) is 12.2. The molecule has 0 aromatic carbocycles. The lowest BCUT2D eigenvalue weighted by molar-refractivity contribution is 0.655. The summed E-state index contributed by atoms with van der Waals surface area (Å²) in [5.74, 6) is 0. The van der Waals surface area contributed by atoms with Gasteiger partial charge >= 0.3 is 0 Å². The highest BCUT2D eigenvalue weighted by atomic mass is 32.1. The summed E-state index contributed by atoms with van der Waals surface area (Å²) in [7, 11) is 0. The Bertz CT molecular complexity index is 575. The molecule has 2 aromatic heterocycles. The van der Waals surface area contributed by atoms with Crippen molar-refractivity contribution in [3.05, 3.63) is 28.7 Å². The molecule has 0 unspecified atom stereocenters. The lowest BCUT2D eigenvalue weighted by Crippen LogP contribution is -2.20. The number of hydrogen-bond donors (Lipinski definition) is 1. The molecule has 0 spiro atoms. The topological polar surface area (TPSA) is 59.8 Å². The second-order valence-corrected chi connectivity index (χ2v) is 4.84. The highest BCUT2D eigenvalue weighted by molar-refractivity contribution is 7.18. The van der Waals surface area contributed by atoms with Crippen LogP contribution in [0.1, 0.15) is 20.3 Å². The van der Waals surface area contributed by atoms with Gasteiger partial charge < -0.3 is 9.88 Å².